The van der Waals surface area contributed by atoms with Gasteiger partial charge < -0.3 is 10.1 Å². The van der Waals surface area contributed by atoms with Crippen LogP contribution in [0.5, 0.6) is 0 Å². The number of esters is 1. The largest absolute Gasteiger partial charge is 0.452 e. The summed E-state index contributed by atoms with van der Waals surface area (Å²) in [5.74, 6) is -1.29. The van der Waals surface area contributed by atoms with Gasteiger partial charge in [0.05, 0.1) is 10.5 Å². The molecular weight excluding hydrogens is 344 g/mol. The average Bonchev–Trinajstić information content (AvgIpc) is 2.60. The Morgan fingerprint density at radius 2 is 2.00 bits per heavy atom. The number of carbonyl (C=O) groups excluding carboxylic acids is 2. The molecule has 0 aliphatic rings. The van der Waals surface area contributed by atoms with Crippen molar-refractivity contribution in [2.24, 2.45) is 0 Å². The number of anilines is 1. The summed E-state index contributed by atoms with van der Waals surface area (Å²) in [5.41, 5.74) is 0.883. The van der Waals surface area contributed by atoms with Crippen LogP contribution in [0.2, 0.25) is 0 Å². The van der Waals surface area contributed by atoms with Gasteiger partial charge in [-0.1, -0.05) is 12.1 Å². The maximum absolute atomic E-state index is 12.0. The molecule has 0 aromatic heterocycles. The van der Waals surface area contributed by atoms with Crippen molar-refractivity contribution >= 4 is 35.0 Å². The fourth-order valence-corrected chi connectivity index (χ4v) is 2.50. The summed E-state index contributed by atoms with van der Waals surface area (Å²) in [5, 5.41) is 13.5. The Balaban J connectivity index is 1.96. The first-order valence-electron chi connectivity index (χ1n) is 7.27. The van der Waals surface area contributed by atoms with Crippen LogP contribution in [-0.4, -0.2) is 29.7 Å². The lowest BCUT2D eigenvalue weighted by molar-refractivity contribution is -0.385. The van der Waals surface area contributed by atoms with E-state index in [1.165, 1.54) is 23.9 Å². The van der Waals surface area contributed by atoms with Crippen LogP contribution < -0.4 is 5.32 Å². The van der Waals surface area contributed by atoms with Crippen LogP contribution in [0.4, 0.5) is 11.4 Å². The predicted molar refractivity (Wildman–Crippen MR) is 95.0 cm³/mol. The number of nitro benzene ring substituents is 1. The summed E-state index contributed by atoms with van der Waals surface area (Å²) in [6, 6.07) is 11.3. The van der Waals surface area contributed by atoms with Crippen molar-refractivity contribution in [1.82, 2.24) is 0 Å². The van der Waals surface area contributed by atoms with Gasteiger partial charge in [-0.25, -0.2) is 4.79 Å². The zero-order valence-corrected chi connectivity index (χ0v) is 14.5. The number of hydrogen-bond acceptors (Lipinski definition) is 6. The lowest BCUT2D eigenvalue weighted by Gasteiger charge is -2.08. The lowest BCUT2D eigenvalue weighted by Crippen LogP contribution is -2.21. The van der Waals surface area contributed by atoms with E-state index in [2.05, 4.69) is 5.32 Å². The van der Waals surface area contributed by atoms with Crippen molar-refractivity contribution in [2.45, 2.75) is 11.8 Å². The van der Waals surface area contributed by atoms with Gasteiger partial charge in [-0.15, -0.1) is 11.8 Å². The molecule has 8 heteroatoms. The SMILES string of the molecule is CSc1cccc(NC(=O)COC(=O)c2ccc(C)c([N+](=O)[O-])c2)c1. The topological polar surface area (TPSA) is 98.5 Å². The van der Waals surface area contributed by atoms with Crippen molar-refractivity contribution in [2.75, 3.05) is 18.2 Å². The molecule has 7 nitrogen and oxygen atoms in total. The number of amides is 1. The third-order valence-corrected chi connectivity index (χ3v) is 4.05. The van der Waals surface area contributed by atoms with E-state index < -0.39 is 23.4 Å². The maximum Gasteiger partial charge on any atom is 0.338 e. The second-order valence-electron chi connectivity index (χ2n) is 5.11. The molecule has 2 aromatic carbocycles. The first kappa shape index (κ1) is 18.5. The summed E-state index contributed by atoms with van der Waals surface area (Å²) < 4.78 is 4.91. The predicted octanol–water partition coefficient (Wildman–Crippen LogP) is 3.42. The Hall–Kier alpha value is -2.87. The van der Waals surface area contributed by atoms with Crippen molar-refractivity contribution in [1.29, 1.82) is 0 Å². The van der Waals surface area contributed by atoms with Gasteiger partial charge in [-0.2, -0.15) is 0 Å². The molecule has 0 spiro atoms. The molecule has 0 saturated heterocycles. The molecule has 25 heavy (non-hydrogen) atoms. The fraction of sp³-hybridized carbons (Fsp3) is 0.176. The van der Waals surface area contributed by atoms with Crippen LogP contribution in [0.25, 0.3) is 0 Å². The number of carbonyl (C=O) groups is 2. The van der Waals surface area contributed by atoms with Gasteiger partial charge in [0, 0.05) is 22.2 Å². The Morgan fingerprint density at radius 3 is 2.68 bits per heavy atom. The van der Waals surface area contributed by atoms with E-state index in [0.717, 1.165) is 11.0 Å². The Labute approximate surface area is 148 Å². The van der Waals surface area contributed by atoms with Gasteiger partial charge in [-0.3, -0.25) is 14.9 Å². The second kappa shape index (κ2) is 8.29. The molecule has 0 aliphatic heterocycles. The van der Waals surface area contributed by atoms with Gasteiger partial charge in [0.1, 0.15) is 0 Å². The van der Waals surface area contributed by atoms with Gasteiger partial charge in [0.25, 0.3) is 11.6 Å². The van der Waals surface area contributed by atoms with Gasteiger partial charge in [0.2, 0.25) is 0 Å². The number of nitrogens with one attached hydrogen (secondary N) is 1. The smallest absolute Gasteiger partial charge is 0.338 e. The van der Waals surface area contributed by atoms with Crippen LogP contribution >= 0.6 is 11.8 Å². The number of hydrogen-bond donors (Lipinski definition) is 1. The van der Waals surface area contributed by atoms with Crippen LogP contribution in [0.1, 0.15) is 15.9 Å². The number of benzene rings is 2. The molecule has 1 amide bonds. The van der Waals surface area contributed by atoms with E-state index in [0.29, 0.717) is 11.3 Å². The molecule has 0 fully saturated rings. The molecular formula is C17H16N2O5S. The van der Waals surface area contributed by atoms with E-state index in [-0.39, 0.29) is 11.3 Å². The van der Waals surface area contributed by atoms with E-state index in [9.17, 15) is 19.7 Å². The minimum absolute atomic E-state index is 0.0227. The van der Waals surface area contributed by atoms with Crippen LogP contribution in [-0.2, 0) is 9.53 Å². The minimum Gasteiger partial charge on any atom is -0.452 e. The number of thioether (sulfide) groups is 1. The number of ether oxygens (including phenoxy) is 1. The second-order valence-corrected chi connectivity index (χ2v) is 5.99. The van der Waals surface area contributed by atoms with E-state index in [1.807, 2.05) is 12.3 Å². The molecule has 0 atom stereocenters. The van der Waals surface area contributed by atoms with Crippen LogP contribution in [0.15, 0.2) is 47.4 Å². The third-order valence-electron chi connectivity index (χ3n) is 3.33. The molecule has 130 valence electrons. The molecule has 0 heterocycles. The quantitative estimate of drug-likeness (QED) is 0.367. The first-order chi connectivity index (χ1) is 11.9. The molecule has 2 rings (SSSR count). The lowest BCUT2D eigenvalue weighted by atomic mass is 10.1. The number of nitrogens with zero attached hydrogens (tertiary/aromatic N) is 1. The fourth-order valence-electron chi connectivity index (χ4n) is 2.05. The molecule has 0 bridgehead atoms. The molecule has 0 unspecified atom stereocenters. The van der Waals surface area contributed by atoms with Crippen molar-refractivity contribution in [3.05, 3.63) is 63.7 Å². The minimum atomic E-state index is -0.795. The highest BCUT2D eigenvalue weighted by Crippen LogP contribution is 2.20. The van der Waals surface area contributed by atoms with Gasteiger partial charge >= 0.3 is 5.97 Å². The number of rotatable bonds is 6. The summed E-state index contributed by atoms with van der Waals surface area (Å²) in [7, 11) is 0. The van der Waals surface area contributed by atoms with Crippen molar-refractivity contribution in [3.8, 4) is 0 Å². The highest BCUT2D eigenvalue weighted by atomic mass is 32.2. The van der Waals surface area contributed by atoms with E-state index in [4.69, 9.17) is 4.74 Å². The summed E-state index contributed by atoms with van der Waals surface area (Å²) >= 11 is 1.54. The monoisotopic (exact) mass is 360 g/mol. The van der Waals surface area contributed by atoms with E-state index in [1.54, 1.807) is 25.1 Å². The molecule has 0 radical (unpaired) electrons. The molecule has 1 N–H and O–H groups in total. The summed E-state index contributed by atoms with van der Waals surface area (Å²) in [4.78, 5) is 35.2. The molecule has 2 aromatic rings. The maximum atomic E-state index is 12.0. The average molecular weight is 360 g/mol. The van der Waals surface area contributed by atoms with Gasteiger partial charge in [-0.05, 0) is 37.4 Å². The normalized spacial score (nSPS) is 10.2. The molecule has 0 saturated carbocycles. The van der Waals surface area contributed by atoms with Gasteiger partial charge in [0.15, 0.2) is 6.61 Å². The van der Waals surface area contributed by atoms with Crippen LogP contribution in [0.3, 0.4) is 0 Å². The third kappa shape index (κ3) is 5.05. The first-order valence-corrected chi connectivity index (χ1v) is 8.49. The highest BCUT2D eigenvalue weighted by molar-refractivity contribution is 7.98. The zero-order chi connectivity index (χ0) is 18.4. The standard InChI is InChI=1S/C17H16N2O5S/c1-11-6-7-12(8-15(11)19(22)23)17(21)24-10-16(20)18-13-4-3-5-14(9-13)25-2/h3-9H,10H2,1-2H3,(H,18,20). The number of nitro groups is 1. The Kier molecular flexibility index (Phi) is 6.13. The van der Waals surface area contributed by atoms with Crippen LogP contribution in [0, 0.1) is 17.0 Å². The Morgan fingerprint density at radius 1 is 1.24 bits per heavy atom. The summed E-state index contributed by atoms with van der Waals surface area (Å²) in [6.45, 7) is 1.09. The number of aryl methyl sites for hydroxylation is 1. The summed E-state index contributed by atoms with van der Waals surface area (Å²) in [6.07, 6.45) is 1.92. The van der Waals surface area contributed by atoms with E-state index >= 15 is 0 Å². The zero-order valence-electron chi connectivity index (χ0n) is 13.6. The van der Waals surface area contributed by atoms with Crippen molar-refractivity contribution < 1.29 is 19.2 Å². The highest BCUT2D eigenvalue weighted by Gasteiger charge is 2.16. The van der Waals surface area contributed by atoms with Crippen molar-refractivity contribution in [3.63, 3.8) is 0 Å². The Bertz CT molecular complexity index is 822. The molecule has 0 aliphatic carbocycles.